The first-order valence-electron chi connectivity index (χ1n) is 29.4. The van der Waals surface area contributed by atoms with E-state index >= 15 is 0 Å². The first-order valence-corrected chi connectivity index (χ1v) is 29.4. The van der Waals surface area contributed by atoms with Crippen LogP contribution in [0.1, 0.15) is 34.3 Å². The van der Waals surface area contributed by atoms with E-state index in [0.29, 0.717) is 0 Å². The highest BCUT2D eigenvalue weighted by atomic mass is 16.3. The number of allylic oxidation sites excluding steroid dienone is 5. The number of benzene rings is 6. The molecule has 2 aliphatic rings. The molecule has 31 heteroatoms. The van der Waals surface area contributed by atoms with Crippen molar-refractivity contribution >= 4 is 391 Å². The van der Waals surface area contributed by atoms with Crippen molar-refractivity contribution in [3.63, 3.8) is 0 Å². The fraction of sp³-hybridized carbons (Fsp3) is 0.0833. The van der Waals surface area contributed by atoms with Crippen molar-refractivity contribution in [3.05, 3.63) is 55.3 Å². The van der Waals surface area contributed by atoms with Crippen molar-refractivity contribution in [1.29, 1.82) is 0 Å². The summed E-state index contributed by atoms with van der Waals surface area (Å²) >= 11 is 0. The van der Waals surface area contributed by atoms with Gasteiger partial charge in [0, 0.05) is 23.5 Å². The number of terminal acetylenes is 1. The molecule has 79 heavy (non-hydrogen) atoms. The summed E-state index contributed by atoms with van der Waals surface area (Å²) in [7, 11) is 67.9. The molecule has 0 aliphatic heterocycles. The predicted octanol–water partition coefficient (Wildman–Crippen LogP) is -33.8. The average Bonchev–Trinajstić information content (AvgIpc) is 3.89. The second-order valence-corrected chi connectivity index (χ2v) is 25.6. The van der Waals surface area contributed by atoms with Crippen molar-refractivity contribution in [1.82, 2.24) is 4.90 Å². The number of hydrogen-bond donors (Lipinski definition) is 0. The quantitative estimate of drug-likeness (QED) is 0.0857. The molecule has 9 rings (SSSR count). The summed E-state index contributed by atoms with van der Waals surface area (Å²) in [6.07, 6.45) is 6.62. The van der Waals surface area contributed by atoms with E-state index in [4.69, 9.17) is 10.8 Å². The third-order valence-electron chi connectivity index (χ3n) is 22.5. The first kappa shape index (κ1) is 59.4. The molecule has 1 aromatic heterocycles. The molecule has 2 nitrogen and oxygen atoms in total. The summed E-state index contributed by atoms with van der Waals surface area (Å²) in [5, 5.41) is 6.88. The van der Waals surface area contributed by atoms with E-state index in [1.54, 1.807) is 0 Å². The molecule has 0 radical (unpaired) electrons. The van der Waals surface area contributed by atoms with Gasteiger partial charge in [0.1, 0.15) is 231 Å². The van der Waals surface area contributed by atoms with Gasteiger partial charge in [0.15, 0.2) is 7.85 Å². The van der Waals surface area contributed by atoms with Gasteiger partial charge in [-0.1, -0.05) is 98.8 Å². The first-order chi connectivity index (χ1) is 36.8. The van der Waals surface area contributed by atoms with Crippen LogP contribution in [0.4, 0.5) is 0 Å². The maximum absolute atomic E-state index is 7.72. The van der Waals surface area contributed by atoms with Crippen molar-refractivity contribution in [3.8, 4) is 23.5 Å². The Morgan fingerprint density at radius 2 is 0.810 bits per heavy atom. The van der Waals surface area contributed by atoms with Crippen LogP contribution in [0.25, 0.3) is 54.8 Å². The maximum Gasteiger partial charge on any atom is 0.151 e. The molecule has 0 saturated carbocycles. The van der Waals surface area contributed by atoms with Crippen LogP contribution in [0.2, 0.25) is 0 Å². The van der Waals surface area contributed by atoms with Crippen molar-refractivity contribution < 1.29 is 4.42 Å². The van der Waals surface area contributed by atoms with Crippen LogP contribution in [0.15, 0.2) is 37.3 Å². The van der Waals surface area contributed by atoms with Crippen molar-refractivity contribution in [2.75, 3.05) is 6.54 Å². The summed E-state index contributed by atoms with van der Waals surface area (Å²) in [5.41, 5.74) is 48.2. The van der Waals surface area contributed by atoms with Crippen LogP contribution < -0.4 is 120 Å². The Bertz CT molecular complexity index is 4150. The predicted molar refractivity (Wildman–Crippen MR) is 442 cm³/mol. The summed E-state index contributed by atoms with van der Waals surface area (Å²) in [6.45, 7) is 0.734. The number of furan rings is 1. The van der Waals surface area contributed by atoms with Gasteiger partial charge < -0.3 is 4.42 Å². The minimum atomic E-state index is 0.0103. The van der Waals surface area contributed by atoms with Crippen LogP contribution in [0.5, 0.6) is 0 Å². The zero-order chi connectivity index (χ0) is 58.7. The minimum absolute atomic E-state index is 0.0103. The number of fused-ring (bicyclic) bond motifs is 5. The molecule has 0 bridgehead atoms. The van der Waals surface area contributed by atoms with Gasteiger partial charge in [-0.25, -0.2) is 0 Å². The molecule has 0 N–H and O–H groups in total. The molecule has 6 aromatic carbocycles. The monoisotopic (exact) mass is 990 g/mol. The lowest BCUT2D eigenvalue weighted by Crippen LogP contribution is -2.56. The van der Waals surface area contributed by atoms with Gasteiger partial charge in [0.2, 0.25) is 0 Å². The Morgan fingerprint density at radius 3 is 1.30 bits per heavy atom. The largest absolute Gasteiger partial charge is 0.459 e. The zero-order valence-corrected chi connectivity index (χ0v) is 54.4. The van der Waals surface area contributed by atoms with E-state index < -0.39 is 0 Å². The molecule has 354 valence electrons. The van der Waals surface area contributed by atoms with Gasteiger partial charge in [-0.15, -0.1) is 61.1 Å². The molecule has 0 fully saturated rings. The Kier molecular flexibility index (Phi) is 15.7. The number of hydrogen-bond acceptors (Lipinski definition) is 2. The second-order valence-electron chi connectivity index (χ2n) is 25.6. The summed E-state index contributed by atoms with van der Waals surface area (Å²) in [6, 6.07) is 0.0310. The third-order valence-corrected chi connectivity index (χ3v) is 22.5. The maximum atomic E-state index is 7.72. The van der Waals surface area contributed by atoms with Crippen LogP contribution in [0.3, 0.4) is 0 Å². The zero-order valence-electron chi connectivity index (χ0n) is 54.4. The molecule has 3 atom stereocenters. The Morgan fingerprint density at radius 1 is 0.430 bits per heavy atom. The molecule has 7 aromatic rings. The standard InChI is InChI=1S/C48H64B29NO/c1-2-4(49)6(7-8-11(23(56)34(67)19(7)52)25(58)39(72)37(70)21(8)54)18(51)5(50)3-78(45-32(65)13(29(62)44(45)77)10-9-12(24(57)35(68)20(10)53)26(59)40(73)38(71)22(9)55)46-33(66)17-16-31(64)36(69)30(63)15(47(16)79-48(17)46)14-27(60)41(74)43(76)42(75)28(14)61/h1,33,45-46H,3,49-77H2/b6-4+,18-5-. The van der Waals surface area contributed by atoms with Gasteiger partial charge in [-0.2, -0.15) is 0 Å². The van der Waals surface area contributed by atoms with Crippen LogP contribution >= 0.6 is 0 Å². The van der Waals surface area contributed by atoms with Gasteiger partial charge in [-0.05, 0) is 66.2 Å². The fourth-order valence-electron chi connectivity index (χ4n) is 15.6. The lowest BCUT2D eigenvalue weighted by Gasteiger charge is -2.46. The topological polar surface area (TPSA) is 16.4 Å². The van der Waals surface area contributed by atoms with Gasteiger partial charge >= 0.3 is 0 Å². The Balaban J connectivity index is 1.36. The Labute approximate surface area is 500 Å². The Hall–Kier alpha value is -4.26. The van der Waals surface area contributed by atoms with E-state index in [2.05, 4.69) is 238 Å². The summed E-state index contributed by atoms with van der Waals surface area (Å²) in [4.78, 5) is 2.87. The van der Waals surface area contributed by atoms with E-state index in [1.807, 2.05) is 0 Å². The molecule has 2 aliphatic carbocycles. The third kappa shape index (κ3) is 8.31. The SMILES string of the molecule is BC1=C(B)C(N(C/C(B)=C(B)\C(=C(\B)C#C)c2c(B)c(B)c(B)c3c(B)c(B)c(B)c(B)c23)C2c3oc4c(-c5c(B)c(B)c(B)c(B)c5B)c(B)c(B)c(B)c4c3C2B)C(B)=C1c1c(B)c(B)c(B)c2c(B)c(B)c(B)c(B)c12. The fourth-order valence-corrected chi connectivity index (χ4v) is 15.6. The van der Waals surface area contributed by atoms with Crippen molar-refractivity contribution in [2.45, 2.75) is 17.9 Å². The average molecular weight is 985 g/mol. The lowest BCUT2D eigenvalue weighted by atomic mass is 9.57. The van der Waals surface area contributed by atoms with E-state index in [-0.39, 0.29) is 17.9 Å². The summed E-state index contributed by atoms with van der Waals surface area (Å²) < 4.78 is 7.72. The van der Waals surface area contributed by atoms with E-state index in [1.165, 1.54) is 213 Å². The number of rotatable bonds is 8. The van der Waals surface area contributed by atoms with Crippen LogP contribution in [0, 0.1) is 12.3 Å². The highest BCUT2D eigenvalue weighted by Crippen LogP contribution is 2.55. The molecule has 0 amide bonds. The summed E-state index contributed by atoms with van der Waals surface area (Å²) in [5.74, 6) is 4.54. The molecule has 3 unspecified atom stereocenters. The molecule has 1 heterocycles. The highest BCUT2D eigenvalue weighted by Gasteiger charge is 2.48. The number of nitrogens with zero attached hydrogens (tertiary/aromatic N) is 1. The lowest BCUT2D eigenvalue weighted by molar-refractivity contribution is 0.148. The van der Waals surface area contributed by atoms with Crippen molar-refractivity contribution in [2.24, 2.45) is 0 Å². The van der Waals surface area contributed by atoms with Crippen LogP contribution in [-0.4, -0.2) is 245 Å². The molecular formula is C48H64B29NO. The second kappa shape index (κ2) is 20.9. The molecule has 0 saturated heterocycles. The van der Waals surface area contributed by atoms with Crippen LogP contribution in [-0.2, 0) is 0 Å². The van der Waals surface area contributed by atoms with E-state index in [0.717, 1.165) is 23.4 Å². The molecular weight excluding hydrogens is 920 g/mol. The van der Waals surface area contributed by atoms with Gasteiger partial charge in [0.05, 0.1) is 6.04 Å². The normalized spacial score (nSPS) is 16.9. The highest BCUT2D eigenvalue weighted by molar-refractivity contribution is 6.75. The van der Waals surface area contributed by atoms with Gasteiger partial charge in [0.25, 0.3) is 0 Å². The molecule has 0 spiro atoms. The van der Waals surface area contributed by atoms with Gasteiger partial charge in [-0.3, -0.25) is 4.90 Å². The minimum Gasteiger partial charge on any atom is -0.459 e. The smallest absolute Gasteiger partial charge is 0.151 e. The van der Waals surface area contributed by atoms with E-state index in [9.17, 15) is 0 Å².